The molecule has 0 amide bonds. The maximum absolute atomic E-state index is 5.52. The summed E-state index contributed by atoms with van der Waals surface area (Å²) in [6.07, 6.45) is 0. The van der Waals surface area contributed by atoms with Crippen LogP contribution in [0.1, 0.15) is 25.0 Å². The van der Waals surface area contributed by atoms with Crippen LogP contribution in [-0.4, -0.2) is 23.7 Å². The van der Waals surface area contributed by atoms with Gasteiger partial charge in [-0.25, -0.2) is 9.97 Å². The van der Waals surface area contributed by atoms with E-state index in [0.29, 0.717) is 5.82 Å². The molecule has 1 aliphatic rings. The van der Waals surface area contributed by atoms with Crippen molar-refractivity contribution in [3.05, 3.63) is 296 Å². The predicted octanol–water partition coefficient (Wildman–Crippen LogP) is 20.4. The summed E-state index contributed by atoms with van der Waals surface area (Å²) < 4.78 is 7.38. The molecule has 0 radical (unpaired) electrons. The van der Waals surface area contributed by atoms with Crippen LogP contribution in [0.3, 0.4) is 0 Å². The van der Waals surface area contributed by atoms with Gasteiger partial charge in [-0.15, -0.1) is 0 Å². The molecule has 4 aromatic heterocycles. The molecule has 17 rings (SSSR count). The first-order valence-electron chi connectivity index (χ1n) is 29.0. The van der Waals surface area contributed by atoms with Gasteiger partial charge in [0.15, 0.2) is 5.82 Å². The molecule has 5 nitrogen and oxygen atoms in total. The lowest BCUT2D eigenvalue weighted by Crippen LogP contribution is -2.15. The van der Waals surface area contributed by atoms with Crippen molar-refractivity contribution >= 4 is 65.4 Å². The smallest absolute Gasteiger partial charge is 0.160 e. The quantitative estimate of drug-likeness (QED) is 0.152. The number of hydrogen-bond donors (Lipinski definition) is 0. The van der Waals surface area contributed by atoms with Crippen LogP contribution in [0.25, 0.3) is 150 Å². The first-order valence-corrected chi connectivity index (χ1v) is 29.0. The van der Waals surface area contributed by atoms with Crippen molar-refractivity contribution in [1.82, 2.24) is 23.7 Å². The molecule has 84 heavy (non-hydrogen) atoms. The van der Waals surface area contributed by atoms with Gasteiger partial charge in [-0.1, -0.05) is 220 Å². The van der Waals surface area contributed by atoms with Gasteiger partial charge in [0, 0.05) is 76.9 Å². The fourth-order valence-electron chi connectivity index (χ4n) is 14.1. The Morgan fingerprint density at radius 2 is 0.702 bits per heavy atom. The highest BCUT2D eigenvalue weighted by atomic mass is 15.0. The second-order valence-electron chi connectivity index (χ2n) is 22.9. The number of aromatic nitrogens is 5. The fraction of sp³-hybridized carbons (Fsp3) is 0.0380. The van der Waals surface area contributed by atoms with E-state index in [2.05, 4.69) is 307 Å². The van der Waals surface area contributed by atoms with Gasteiger partial charge < -0.3 is 13.7 Å². The molecule has 16 aromatic rings. The molecule has 0 bridgehead atoms. The van der Waals surface area contributed by atoms with Crippen LogP contribution in [0.15, 0.2) is 285 Å². The largest absolute Gasteiger partial charge is 0.309 e. The number of para-hydroxylation sites is 5. The highest BCUT2D eigenvalue weighted by Gasteiger charge is 2.38. The molecule has 0 saturated carbocycles. The van der Waals surface area contributed by atoms with Crippen LogP contribution in [0.5, 0.6) is 0 Å². The molecule has 4 heterocycles. The normalized spacial score (nSPS) is 12.7. The molecule has 0 spiro atoms. The molecule has 0 atom stereocenters. The molecule has 1 aliphatic carbocycles. The molecule has 0 unspecified atom stereocenters. The zero-order valence-electron chi connectivity index (χ0n) is 46.4. The Bertz CT molecular complexity index is 4970. The Hall–Kier alpha value is -10.9. The molecule has 5 heteroatoms. The van der Waals surface area contributed by atoms with E-state index in [1.54, 1.807) is 0 Å². The fourth-order valence-corrected chi connectivity index (χ4v) is 14.1. The summed E-state index contributed by atoms with van der Waals surface area (Å²) in [4.78, 5) is 10.8. The van der Waals surface area contributed by atoms with Crippen LogP contribution in [0.2, 0.25) is 0 Å². The summed E-state index contributed by atoms with van der Waals surface area (Å²) in [5.74, 6) is 0.671. The number of benzene rings is 12. The Morgan fingerprint density at radius 3 is 1.21 bits per heavy atom. The van der Waals surface area contributed by atoms with E-state index in [4.69, 9.17) is 9.97 Å². The van der Waals surface area contributed by atoms with E-state index >= 15 is 0 Å². The maximum atomic E-state index is 5.52. The van der Waals surface area contributed by atoms with Crippen LogP contribution in [-0.2, 0) is 5.41 Å². The van der Waals surface area contributed by atoms with E-state index in [1.807, 2.05) is 6.07 Å². The summed E-state index contributed by atoms with van der Waals surface area (Å²) in [5, 5.41) is 7.45. The summed E-state index contributed by atoms with van der Waals surface area (Å²) in [7, 11) is 0. The lowest BCUT2D eigenvalue weighted by molar-refractivity contribution is 0.666. The minimum atomic E-state index is -0.249. The summed E-state index contributed by atoms with van der Waals surface area (Å²) in [5.41, 5.74) is 24.4. The SMILES string of the molecule is CC1(C)c2ccccc2-c2ccc3c(c21)c1ccccc1n3-c1c(-c2ccc(-n3c4ccccc4c4ccccc43)cc2)cc(-c2cc(-c3ccccc3)nc(-c3ccccc3)n2)cc1-c1ccc(-n2c3ccccc3c3ccccc32)cc1. The van der Waals surface area contributed by atoms with Crippen LogP contribution in [0, 0.1) is 0 Å². The first kappa shape index (κ1) is 47.9. The van der Waals surface area contributed by atoms with Crippen molar-refractivity contribution in [2.75, 3.05) is 0 Å². The zero-order valence-corrected chi connectivity index (χ0v) is 46.4. The molecule has 0 aliphatic heterocycles. The van der Waals surface area contributed by atoms with Gasteiger partial charge in [0.1, 0.15) is 0 Å². The molecule has 0 N–H and O–H groups in total. The Kier molecular flexibility index (Phi) is 10.6. The number of hydrogen-bond acceptors (Lipinski definition) is 2. The predicted molar refractivity (Wildman–Crippen MR) is 350 cm³/mol. The number of fused-ring (bicyclic) bond motifs is 13. The molecule has 0 fully saturated rings. The Morgan fingerprint density at radius 1 is 0.286 bits per heavy atom. The van der Waals surface area contributed by atoms with Gasteiger partial charge in [0.2, 0.25) is 0 Å². The van der Waals surface area contributed by atoms with Gasteiger partial charge in [0.05, 0.1) is 50.2 Å². The highest BCUT2D eigenvalue weighted by Crippen LogP contribution is 2.54. The van der Waals surface area contributed by atoms with Crippen LogP contribution >= 0.6 is 0 Å². The van der Waals surface area contributed by atoms with Gasteiger partial charge in [-0.05, 0) is 112 Å². The van der Waals surface area contributed by atoms with Crippen molar-refractivity contribution in [1.29, 1.82) is 0 Å². The second-order valence-corrected chi connectivity index (χ2v) is 22.9. The van der Waals surface area contributed by atoms with Crippen molar-refractivity contribution < 1.29 is 0 Å². The lowest BCUT2D eigenvalue weighted by atomic mass is 9.80. The van der Waals surface area contributed by atoms with Crippen LogP contribution in [0.4, 0.5) is 0 Å². The minimum absolute atomic E-state index is 0.249. The lowest BCUT2D eigenvalue weighted by Gasteiger charge is -2.23. The molecular formula is C79H53N5. The summed E-state index contributed by atoms with van der Waals surface area (Å²) >= 11 is 0. The van der Waals surface area contributed by atoms with Gasteiger partial charge in [-0.2, -0.15) is 0 Å². The third-order valence-electron chi connectivity index (χ3n) is 17.8. The van der Waals surface area contributed by atoms with Gasteiger partial charge in [-0.3, -0.25) is 0 Å². The summed E-state index contributed by atoms with van der Waals surface area (Å²) in [6.45, 7) is 4.81. The highest BCUT2D eigenvalue weighted by molar-refractivity contribution is 6.16. The maximum Gasteiger partial charge on any atom is 0.160 e. The molecule has 12 aromatic carbocycles. The minimum Gasteiger partial charge on any atom is -0.309 e. The Balaban J connectivity index is 0.977. The van der Waals surface area contributed by atoms with E-state index < -0.39 is 0 Å². The molecular weight excluding hydrogens is 1020 g/mol. The van der Waals surface area contributed by atoms with Crippen molar-refractivity contribution in [3.8, 4) is 84.3 Å². The Labute approximate surface area is 486 Å². The van der Waals surface area contributed by atoms with Gasteiger partial charge >= 0.3 is 0 Å². The first-order chi connectivity index (χ1) is 41.4. The van der Waals surface area contributed by atoms with Crippen molar-refractivity contribution in [2.24, 2.45) is 0 Å². The van der Waals surface area contributed by atoms with Crippen molar-refractivity contribution in [2.45, 2.75) is 19.3 Å². The van der Waals surface area contributed by atoms with E-state index in [0.717, 1.165) is 78.4 Å². The third kappa shape index (κ3) is 7.22. The van der Waals surface area contributed by atoms with Crippen LogP contribution < -0.4 is 0 Å². The monoisotopic (exact) mass is 1070 g/mol. The van der Waals surface area contributed by atoms with E-state index in [9.17, 15) is 0 Å². The van der Waals surface area contributed by atoms with E-state index in [-0.39, 0.29) is 5.41 Å². The average Bonchev–Trinajstić information content (AvgIpc) is 1.82. The zero-order chi connectivity index (χ0) is 55.6. The number of nitrogens with zero attached hydrogens (tertiary/aromatic N) is 5. The standard InChI is InChI=1S/C79H53N5/c1-79(2)66-31-15-9-25-57(66)62-45-46-74-75(76(62)79)63-30-14-20-36-73(63)84(74)77-64(50-37-41-55(42-38-50)82-69-32-16-10-26-58(69)59-27-11-17-33-70(59)82)47-54(68-49-67(52-21-5-3-6-22-52)80-78(81-68)53-23-7-4-8-24-53)48-65(77)51-39-43-56(44-40-51)83-71-34-18-12-28-60(71)61-29-13-19-35-72(61)83/h3-49H,1-2H3. The second kappa shape index (κ2) is 18.6. The average molecular weight is 1070 g/mol. The molecule has 394 valence electrons. The molecule has 0 saturated heterocycles. The van der Waals surface area contributed by atoms with Crippen molar-refractivity contribution in [3.63, 3.8) is 0 Å². The van der Waals surface area contributed by atoms with E-state index in [1.165, 1.54) is 76.6 Å². The van der Waals surface area contributed by atoms with Gasteiger partial charge in [0.25, 0.3) is 0 Å². The topological polar surface area (TPSA) is 40.6 Å². The number of rotatable bonds is 8. The third-order valence-corrected chi connectivity index (χ3v) is 17.8. The summed E-state index contributed by atoms with van der Waals surface area (Å²) in [6, 6.07) is 104.